The number of benzene rings is 1. The summed E-state index contributed by atoms with van der Waals surface area (Å²) in [6.07, 6.45) is 1.87. The summed E-state index contributed by atoms with van der Waals surface area (Å²) in [5, 5.41) is 0. The fourth-order valence-electron chi connectivity index (χ4n) is 1.52. The molecule has 2 heteroatoms. The van der Waals surface area contributed by atoms with E-state index in [0.29, 0.717) is 0 Å². The molecule has 2 nitrogen and oxygen atoms in total. The van der Waals surface area contributed by atoms with E-state index in [1.54, 1.807) is 0 Å². The van der Waals surface area contributed by atoms with Crippen molar-refractivity contribution >= 4 is 6.08 Å². The van der Waals surface area contributed by atoms with Crippen LogP contribution in [0.2, 0.25) is 0 Å². The summed E-state index contributed by atoms with van der Waals surface area (Å²) in [6.45, 7) is 6.95. The lowest BCUT2D eigenvalue weighted by molar-refractivity contribution is 0.276. The molecule has 0 aromatic heterocycles. The summed E-state index contributed by atoms with van der Waals surface area (Å²) in [5.41, 5.74) is 2.53. The summed E-state index contributed by atoms with van der Waals surface area (Å²) < 4.78 is 0. The monoisotopic (exact) mass is 218 g/mol. The minimum absolute atomic E-state index is 1.01. The van der Waals surface area contributed by atoms with Gasteiger partial charge in [0.15, 0.2) is 0 Å². The van der Waals surface area contributed by atoms with Crippen molar-refractivity contribution in [1.82, 2.24) is 9.80 Å². The zero-order chi connectivity index (χ0) is 12.0. The Morgan fingerprint density at radius 1 is 1.06 bits per heavy atom. The molecule has 1 aromatic rings. The maximum absolute atomic E-state index is 3.75. The lowest BCUT2D eigenvalue weighted by atomic mass is 10.1. The molecule has 0 spiro atoms. The molecular weight excluding hydrogens is 196 g/mol. The summed E-state index contributed by atoms with van der Waals surface area (Å²) in [6, 6.07) is 8.57. The maximum atomic E-state index is 3.75. The van der Waals surface area contributed by atoms with Crippen LogP contribution in [0.4, 0.5) is 0 Å². The zero-order valence-corrected chi connectivity index (χ0v) is 10.6. The van der Waals surface area contributed by atoms with Gasteiger partial charge in [-0.2, -0.15) is 0 Å². The molecule has 0 aliphatic rings. The molecule has 0 unspecified atom stereocenters. The van der Waals surface area contributed by atoms with E-state index in [2.05, 4.69) is 61.8 Å². The van der Waals surface area contributed by atoms with Crippen LogP contribution in [-0.2, 0) is 6.54 Å². The van der Waals surface area contributed by atoms with Gasteiger partial charge in [-0.25, -0.2) is 0 Å². The third kappa shape index (κ3) is 4.60. The fourth-order valence-corrected chi connectivity index (χ4v) is 1.52. The van der Waals surface area contributed by atoms with Gasteiger partial charge in [0.05, 0.1) is 0 Å². The molecule has 0 saturated carbocycles. The van der Waals surface area contributed by atoms with Crippen LogP contribution in [0.5, 0.6) is 0 Å². The molecular formula is C14H22N2. The molecule has 0 bridgehead atoms. The molecule has 0 heterocycles. The lowest BCUT2D eigenvalue weighted by Crippen LogP contribution is -2.28. The predicted molar refractivity (Wildman–Crippen MR) is 71.4 cm³/mol. The smallest absolute Gasteiger partial charge is 0.0231 e. The molecule has 1 rings (SSSR count). The van der Waals surface area contributed by atoms with Gasteiger partial charge in [-0.15, -0.1) is 0 Å². The Labute approximate surface area is 99.2 Å². The molecule has 0 saturated heterocycles. The Morgan fingerprint density at radius 3 is 2.19 bits per heavy atom. The third-order valence-corrected chi connectivity index (χ3v) is 2.60. The van der Waals surface area contributed by atoms with E-state index in [4.69, 9.17) is 0 Å². The molecule has 0 N–H and O–H groups in total. The molecule has 0 atom stereocenters. The molecule has 0 fully saturated rings. The summed E-state index contributed by atoms with van der Waals surface area (Å²) in [5.74, 6) is 0. The number of nitrogens with zero attached hydrogens (tertiary/aromatic N) is 2. The first-order chi connectivity index (χ1) is 7.61. The number of rotatable bonds is 6. The highest BCUT2D eigenvalue weighted by Crippen LogP contribution is 2.07. The molecule has 0 radical (unpaired) electrons. The minimum atomic E-state index is 1.01. The second-order valence-corrected chi connectivity index (χ2v) is 4.49. The number of likely N-dealkylation sites (N-methyl/N-ethyl adjacent to an activating group) is 2. The average molecular weight is 218 g/mol. The van der Waals surface area contributed by atoms with Gasteiger partial charge in [-0.1, -0.05) is 36.9 Å². The first-order valence-electron chi connectivity index (χ1n) is 5.66. The molecule has 16 heavy (non-hydrogen) atoms. The van der Waals surface area contributed by atoms with E-state index in [9.17, 15) is 0 Å². The normalized spacial score (nSPS) is 11.1. The highest BCUT2D eigenvalue weighted by molar-refractivity contribution is 5.47. The predicted octanol–water partition coefficient (Wildman–Crippen LogP) is 2.32. The van der Waals surface area contributed by atoms with Crippen molar-refractivity contribution in [3.8, 4) is 0 Å². The Bertz CT molecular complexity index is 314. The minimum Gasteiger partial charge on any atom is -0.308 e. The van der Waals surface area contributed by atoms with E-state index in [1.165, 1.54) is 11.1 Å². The fraction of sp³-hybridized carbons (Fsp3) is 0.429. The molecule has 0 aliphatic carbocycles. The van der Waals surface area contributed by atoms with Crippen LogP contribution in [0, 0.1) is 0 Å². The summed E-state index contributed by atoms with van der Waals surface area (Å²) in [4.78, 5) is 4.54. The highest BCUT2D eigenvalue weighted by Gasteiger charge is 2.00. The summed E-state index contributed by atoms with van der Waals surface area (Å²) >= 11 is 0. The van der Waals surface area contributed by atoms with Gasteiger partial charge in [0.1, 0.15) is 0 Å². The number of hydrogen-bond donors (Lipinski definition) is 0. The van der Waals surface area contributed by atoms with E-state index < -0.39 is 0 Å². The Balaban J connectivity index is 2.43. The van der Waals surface area contributed by atoms with Crippen molar-refractivity contribution < 1.29 is 0 Å². The molecule has 0 aliphatic heterocycles. The van der Waals surface area contributed by atoms with E-state index in [-0.39, 0.29) is 0 Å². The lowest BCUT2D eigenvalue weighted by Gasteiger charge is -2.19. The van der Waals surface area contributed by atoms with E-state index in [0.717, 1.165) is 19.6 Å². The van der Waals surface area contributed by atoms with Crippen LogP contribution in [0.1, 0.15) is 11.1 Å². The second kappa shape index (κ2) is 6.46. The van der Waals surface area contributed by atoms with Crippen molar-refractivity contribution in [2.24, 2.45) is 0 Å². The molecule has 88 valence electrons. The molecule has 0 amide bonds. The number of hydrogen-bond acceptors (Lipinski definition) is 2. The van der Waals surface area contributed by atoms with Gasteiger partial charge in [0, 0.05) is 19.6 Å². The van der Waals surface area contributed by atoms with Crippen LogP contribution in [-0.4, -0.2) is 44.0 Å². The van der Waals surface area contributed by atoms with Gasteiger partial charge in [0.25, 0.3) is 0 Å². The summed E-state index contributed by atoms with van der Waals surface area (Å²) in [7, 11) is 6.37. The van der Waals surface area contributed by atoms with Crippen molar-refractivity contribution in [2.45, 2.75) is 6.54 Å². The standard InChI is InChI=1S/C14H22N2/c1-5-13-6-8-14(9-7-13)12-16(4)11-10-15(2)3/h5-9H,1,10-12H2,2-4H3. The molecule has 1 aromatic carbocycles. The quantitative estimate of drug-likeness (QED) is 0.723. The highest BCUT2D eigenvalue weighted by atomic mass is 15.1. The van der Waals surface area contributed by atoms with Crippen LogP contribution in [0.25, 0.3) is 6.08 Å². The Kier molecular flexibility index (Phi) is 5.23. The van der Waals surface area contributed by atoms with Gasteiger partial charge in [-0.05, 0) is 32.3 Å². The van der Waals surface area contributed by atoms with E-state index in [1.807, 2.05) is 6.08 Å². The second-order valence-electron chi connectivity index (χ2n) is 4.49. The SMILES string of the molecule is C=Cc1ccc(CN(C)CCN(C)C)cc1. The van der Waals surface area contributed by atoms with Crippen LogP contribution in [0.15, 0.2) is 30.8 Å². The first kappa shape index (κ1) is 12.9. The van der Waals surface area contributed by atoms with Gasteiger partial charge < -0.3 is 9.80 Å². The maximum Gasteiger partial charge on any atom is 0.0231 e. The van der Waals surface area contributed by atoms with Crippen molar-refractivity contribution in [3.05, 3.63) is 42.0 Å². The van der Waals surface area contributed by atoms with Crippen molar-refractivity contribution in [2.75, 3.05) is 34.2 Å². The van der Waals surface area contributed by atoms with Crippen LogP contribution < -0.4 is 0 Å². The first-order valence-corrected chi connectivity index (χ1v) is 5.66. The van der Waals surface area contributed by atoms with Gasteiger partial charge in [-0.3, -0.25) is 0 Å². The van der Waals surface area contributed by atoms with Crippen molar-refractivity contribution in [3.63, 3.8) is 0 Å². The zero-order valence-electron chi connectivity index (χ0n) is 10.6. The van der Waals surface area contributed by atoms with Crippen molar-refractivity contribution in [1.29, 1.82) is 0 Å². The van der Waals surface area contributed by atoms with Gasteiger partial charge >= 0.3 is 0 Å². The van der Waals surface area contributed by atoms with Gasteiger partial charge in [0.2, 0.25) is 0 Å². The Hall–Kier alpha value is -1.12. The average Bonchev–Trinajstić information content (AvgIpc) is 2.27. The van der Waals surface area contributed by atoms with Crippen LogP contribution >= 0.6 is 0 Å². The topological polar surface area (TPSA) is 6.48 Å². The third-order valence-electron chi connectivity index (χ3n) is 2.60. The Morgan fingerprint density at radius 2 is 1.69 bits per heavy atom. The van der Waals surface area contributed by atoms with Crippen LogP contribution in [0.3, 0.4) is 0 Å². The van der Waals surface area contributed by atoms with E-state index >= 15 is 0 Å². The largest absolute Gasteiger partial charge is 0.308 e.